The molecule has 0 aliphatic heterocycles. The van der Waals surface area contributed by atoms with E-state index in [4.69, 9.17) is 4.74 Å². The smallest absolute Gasteiger partial charge is 0.119 e. The fourth-order valence-electron chi connectivity index (χ4n) is 1.41. The van der Waals surface area contributed by atoms with Crippen LogP contribution in [0, 0.1) is 0 Å². The first kappa shape index (κ1) is 9.77. The molecule has 0 saturated carbocycles. The number of benzene rings is 1. The SMILES string of the molecule is CC(C)Oc1ccc(-c2cn[nH]c2)cc1. The van der Waals surface area contributed by atoms with Gasteiger partial charge in [0, 0.05) is 11.8 Å². The molecule has 0 aliphatic carbocycles. The van der Waals surface area contributed by atoms with E-state index in [2.05, 4.69) is 10.2 Å². The van der Waals surface area contributed by atoms with Crippen molar-refractivity contribution in [3.05, 3.63) is 36.7 Å². The molecule has 1 heterocycles. The van der Waals surface area contributed by atoms with Crippen LogP contribution in [0.25, 0.3) is 11.1 Å². The van der Waals surface area contributed by atoms with E-state index in [-0.39, 0.29) is 6.10 Å². The average Bonchev–Trinajstić information content (AvgIpc) is 2.71. The molecule has 0 spiro atoms. The molecule has 3 nitrogen and oxygen atoms in total. The third-order valence-corrected chi connectivity index (χ3v) is 2.06. The molecule has 1 aromatic carbocycles. The van der Waals surface area contributed by atoms with Gasteiger partial charge < -0.3 is 4.74 Å². The Morgan fingerprint density at radius 2 is 1.87 bits per heavy atom. The Labute approximate surface area is 89.1 Å². The van der Waals surface area contributed by atoms with E-state index >= 15 is 0 Å². The summed E-state index contributed by atoms with van der Waals surface area (Å²) < 4.78 is 5.56. The van der Waals surface area contributed by atoms with Gasteiger partial charge in [0.2, 0.25) is 0 Å². The quantitative estimate of drug-likeness (QED) is 0.831. The number of hydrogen-bond acceptors (Lipinski definition) is 2. The third-order valence-electron chi connectivity index (χ3n) is 2.06. The van der Waals surface area contributed by atoms with Gasteiger partial charge in [-0.25, -0.2) is 0 Å². The minimum Gasteiger partial charge on any atom is -0.491 e. The van der Waals surface area contributed by atoms with Crippen molar-refractivity contribution < 1.29 is 4.74 Å². The Hall–Kier alpha value is -1.77. The highest BCUT2D eigenvalue weighted by molar-refractivity contribution is 5.62. The van der Waals surface area contributed by atoms with Crippen LogP contribution in [0.1, 0.15) is 13.8 Å². The summed E-state index contributed by atoms with van der Waals surface area (Å²) in [5.41, 5.74) is 2.23. The maximum atomic E-state index is 5.56. The van der Waals surface area contributed by atoms with Crippen LogP contribution in [0.5, 0.6) is 5.75 Å². The Bertz CT molecular complexity index is 404. The molecule has 15 heavy (non-hydrogen) atoms. The fourth-order valence-corrected chi connectivity index (χ4v) is 1.41. The molecule has 3 heteroatoms. The largest absolute Gasteiger partial charge is 0.491 e. The Morgan fingerprint density at radius 3 is 2.40 bits per heavy atom. The fraction of sp³-hybridized carbons (Fsp3) is 0.250. The molecule has 0 saturated heterocycles. The Kier molecular flexibility index (Phi) is 2.72. The van der Waals surface area contributed by atoms with Gasteiger partial charge in [0.15, 0.2) is 0 Å². The summed E-state index contributed by atoms with van der Waals surface area (Å²) >= 11 is 0. The highest BCUT2D eigenvalue weighted by Crippen LogP contribution is 2.21. The minimum absolute atomic E-state index is 0.213. The van der Waals surface area contributed by atoms with Gasteiger partial charge in [0.25, 0.3) is 0 Å². The molecular formula is C12H14N2O. The van der Waals surface area contributed by atoms with Crippen molar-refractivity contribution in [3.63, 3.8) is 0 Å². The molecule has 0 bridgehead atoms. The molecule has 0 aliphatic rings. The van der Waals surface area contributed by atoms with Gasteiger partial charge in [-0.05, 0) is 31.5 Å². The summed E-state index contributed by atoms with van der Waals surface area (Å²) in [6.45, 7) is 4.04. The normalized spacial score (nSPS) is 10.6. The molecule has 0 radical (unpaired) electrons. The monoisotopic (exact) mass is 202 g/mol. The van der Waals surface area contributed by atoms with Crippen LogP contribution in [0.2, 0.25) is 0 Å². The zero-order valence-electron chi connectivity index (χ0n) is 8.90. The number of aromatic amines is 1. The average molecular weight is 202 g/mol. The molecule has 1 aromatic heterocycles. The molecule has 0 amide bonds. The van der Waals surface area contributed by atoms with Crippen LogP contribution in [-0.2, 0) is 0 Å². The van der Waals surface area contributed by atoms with Crippen LogP contribution in [0.15, 0.2) is 36.7 Å². The first-order valence-corrected chi connectivity index (χ1v) is 5.01. The van der Waals surface area contributed by atoms with Crippen molar-refractivity contribution >= 4 is 0 Å². The van der Waals surface area contributed by atoms with Crippen LogP contribution < -0.4 is 4.74 Å². The number of rotatable bonds is 3. The van der Waals surface area contributed by atoms with Crippen LogP contribution in [0.4, 0.5) is 0 Å². The number of hydrogen-bond donors (Lipinski definition) is 1. The number of nitrogens with zero attached hydrogens (tertiary/aromatic N) is 1. The highest BCUT2D eigenvalue weighted by atomic mass is 16.5. The lowest BCUT2D eigenvalue weighted by Gasteiger charge is -2.09. The van der Waals surface area contributed by atoms with E-state index in [1.165, 1.54) is 0 Å². The van der Waals surface area contributed by atoms with E-state index in [1.54, 1.807) is 6.20 Å². The summed E-state index contributed by atoms with van der Waals surface area (Å²) in [6.07, 6.45) is 3.89. The summed E-state index contributed by atoms with van der Waals surface area (Å²) in [5, 5.41) is 6.71. The second kappa shape index (κ2) is 4.17. The summed E-state index contributed by atoms with van der Waals surface area (Å²) in [5.74, 6) is 0.900. The predicted octanol–water partition coefficient (Wildman–Crippen LogP) is 2.86. The maximum absolute atomic E-state index is 5.56. The Morgan fingerprint density at radius 1 is 1.13 bits per heavy atom. The molecule has 0 fully saturated rings. The van der Waals surface area contributed by atoms with Gasteiger partial charge in [-0.3, -0.25) is 5.10 Å². The molecule has 2 rings (SSSR count). The number of nitrogens with one attached hydrogen (secondary N) is 1. The lowest BCUT2D eigenvalue weighted by atomic mass is 10.1. The molecule has 78 valence electrons. The first-order valence-electron chi connectivity index (χ1n) is 5.01. The van der Waals surface area contributed by atoms with Crippen molar-refractivity contribution in [2.75, 3.05) is 0 Å². The highest BCUT2D eigenvalue weighted by Gasteiger charge is 2.00. The van der Waals surface area contributed by atoms with Crippen molar-refractivity contribution in [2.45, 2.75) is 20.0 Å². The van der Waals surface area contributed by atoms with Gasteiger partial charge in [-0.2, -0.15) is 5.10 Å². The van der Waals surface area contributed by atoms with E-state index < -0.39 is 0 Å². The van der Waals surface area contributed by atoms with Gasteiger partial charge in [-0.1, -0.05) is 12.1 Å². The lowest BCUT2D eigenvalue weighted by molar-refractivity contribution is 0.242. The van der Waals surface area contributed by atoms with Crippen LogP contribution >= 0.6 is 0 Å². The van der Waals surface area contributed by atoms with Gasteiger partial charge in [0.05, 0.1) is 12.3 Å². The van der Waals surface area contributed by atoms with E-state index in [1.807, 2.05) is 44.3 Å². The Balaban J connectivity index is 2.17. The molecular weight excluding hydrogens is 188 g/mol. The third kappa shape index (κ3) is 2.37. The second-order valence-electron chi connectivity index (χ2n) is 3.68. The zero-order valence-corrected chi connectivity index (χ0v) is 8.90. The van der Waals surface area contributed by atoms with Crippen molar-refractivity contribution in [1.29, 1.82) is 0 Å². The van der Waals surface area contributed by atoms with E-state index in [0.29, 0.717) is 0 Å². The van der Waals surface area contributed by atoms with Gasteiger partial charge >= 0.3 is 0 Å². The number of H-pyrrole nitrogens is 1. The van der Waals surface area contributed by atoms with Crippen LogP contribution in [0.3, 0.4) is 0 Å². The standard InChI is InChI=1S/C12H14N2O/c1-9(2)15-12-5-3-10(4-6-12)11-7-13-14-8-11/h3-9H,1-2H3,(H,13,14). The molecule has 2 aromatic rings. The van der Waals surface area contributed by atoms with E-state index in [9.17, 15) is 0 Å². The number of aromatic nitrogens is 2. The second-order valence-corrected chi connectivity index (χ2v) is 3.68. The minimum atomic E-state index is 0.213. The summed E-state index contributed by atoms with van der Waals surface area (Å²) in [6, 6.07) is 8.01. The van der Waals surface area contributed by atoms with Gasteiger partial charge in [0.1, 0.15) is 5.75 Å². The molecule has 0 unspecified atom stereocenters. The lowest BCUT2D eigenvalue weighted by Crippen LogP contribution is -2.05. The van der Waals surface area contributed by atoms with Crippen LogP contribution in [-0.4, -0.2) is 16.3 Å². The summed E-state index contributed by atoms with van der Waals surface area (Å²) in [7, 11) is 0. The zero-order chi connectivity index (χ0) is 10.7. The predicted molar refractivity (Wildman–Crippen MR) is 59.8 cm³/mol. The summed E-state index contributed by atoms with van der Waals surface area (Å²) in [4.78, 5) is 0. The van der Waals surface area contributed by atoms with E-state index in [0.717, 1.165) is 16.9 Å². The first-order chi connectivity index (χ1) is 7.25. The maximum Gasteiger partial charge on any atom is 0.119 e. The van der Waals surface area contributed by atoms with Crippen molar-refractivity contribution in [1.82, 2.24) is 10.2 Å². The van der Waals surface area contributed by atoms with Crippen molar-refractivity contribution in [2.24, 2.45) is 0 Å². The topological polar surface area (TPSA) is 37.9 Å². The molecule has 0 atom stereocenters. The van der Waals surface area contributed by atoms with Crippen molar-refractivity contribution in [3.8, 4) is 16.9 Å². The van der Waals surface area contributed by atoms with Gasteiger partial charge in [-0.15, -0.1) is 0 Å². The number of ether oxygens (including phenoxy) is 1. The molecule has 1 N–H and O–H groups in total.